The predicted molar refractivity (Wildman–Crippen MR) is 68.6 cm³/mol. The Bertz CT molecular complexity index is 261. The molecule has 88 valence electrons. The molecule has 0 spiro atoms. The molecule has 0 aromatic heterocycles. The molecule has 1 aliphatic heterocycles. The molecule has 1 atom stereocenters. The lowest BCUT2D eigenvalue weighted by Gasteiger charge is -2.38. The first-order valence-corrected chi connectivity index (χ1v) is 5.92. The van der Waals surface area contributed by atoms with Crippen LogP contribution in [0, 0.1) is 5.41 Å². The Hall–Kier alpha value is -0.350. The number of rotatable bonds is 1. The van der Waals surface area contributed by atoms with Crippen LogP contribution < -0.4 is 5.73 Å². The van der Waals surface area contributed by atoms with E-state index in [-0.39, 0.29) is 11.1 Å². The first-order valence-electron chi connectivity index (χ1n) is 5.51. The van der Waals surface area contributed by atoms with Crippen LogP contribution in [-0.2, 0) is 0 Å². The van der Waals surface area contributed by atoms with Gasteiger partial charge in [0.15, 0.2) is 5.11 Å². The fourth-order valence-electron chi connectivity index (χ4n) is 2.41. The van der Waals surface area contributed by atoms with Gasteiger partial charge in [0.25, 0.3) is 0 Å². The molecule has 1 unspecified atom stereocenters. The van der Waals surface area contributed by atoms with E-state index in [9.17, 15) is 0 Å². The maximum absolute atomic E-state index is 6.32. The smallest absolute Gasteiger partial charge is 0.172 e. The molecule has 1 fully saturated rings. The van der Waals surface area contributed by atoms with Gasteiger partial charge in [0, 0.05) is 20.1 Å². The second-order valence-corrected chi connectivity index (χ2v) is 5.92. The molecular formula is C11H23N3S. The summed E-state index contributed by atoms with van der Waals surface area (Å²) in [6, 6.07) is 0. The molecule has 0 aromatic carbocycles. The zero-order valence-electron chi connectivity index (χ0n) is 10.5. The lowest BCUT2D eigenvalue weighted by atomic mass is 9.83. The molecule has 0 radical (unpaired) electrons. The standard InChI is InChI=1S/C11H23N3S/c1-6-14-8-10(2,3)7-11(4,12)13(5)9(14)15/h6-8,12H2,1-5H3. The Balaban J connectivity index is 3.02. The third kappa shape index (κ3) is 2.61. The van der Waals surface area contributed by atoms with E-state index in [1.807, 2.05) is 11.9 Å². The van der Waals surface area contributed by atoms with Gasteiger partial charge >= 0.3 is 0 Å². The summed E-state index contributed by atoms with van der Waals surface area (Å²) < 4.78 is 0. The highest BCUT2D eigenvalue weighted by Gasteiger charge is 2.39. The number of thiocarbonyl (C=S) groups is 1. The minimum atomic E-state index is -0.343. The van der Waals surface area contributed by atoms with Gasteiger partial charge in [-0.2, -0.15) is 0 Å². The van der Waals surface area contributed by atoms with Crippen molar-refractivity contribution in [1.29, 1.82) is 0 Å². The van der Waals surface area contributed by atoms with Gasteiger partial charge in [0.2, 0.25) is 0 Å². The molecule has 0 amide bonds. The molecule has 0 bridgehead atoms. The van der Waals surface area contributed by atoms with Crippen LogP contribution in [-0.4, -0.2) is 40.7 Å². The average Bonchev–Trinajstić information content (AvgIpc) is 2.14. The van der Waals surface area contributed by atoms with E-state index in [0.717, 1.165) is 24.6 Å². The zero-order chi connectivity index (χ0) is 11.9. The summed E-state index contributed by atoms with van der Waals surface area (Å²) in [6.07, 6.45) is 0.952. The Kier molecular flexibility index (Phi) is 3.31. The maximum atomic E-state index is 6.32. The molecular weight excluding hydrogens is 206 g/mol. The van der Waals surface area contributed by atoms with Crippen molar-refractivity contribution < 1.29 is 0 Å². The van der Waals surface area contributed by atoms with Crippen LogP contribution in [0.25, 0.3) is 0 Å². The van der Waals surface area contributed by atoms with Crippen molar-refractivity contribution in [2.45, 2.75) is 39.8 Å². The maximum Gasteiger partial charge on any atom is 0.172 e. The minimum Gasteiger partial charge on any atom is -0.349 e. The number of hydrogen-bond acceptors (Lipinski definition) is 2. The zero-order valence-corrected chi connectivity index (χ0v) is 11.3. The molecule has 15 heavy (non-hydrogen) atoms. The summed E-state index contributed by atoms with van der Waals surface area (Å²) in [7, 11) is 1.99. The largest absolute Gasteiger partial charge is 0.349 e. The molecule has 0 saturated carbocycles. The van der Waals surface area contributed by atoms with Crippen molar-refractivity contribution in [1.82, 2.24) is 9.80 Å². The van der Waals surface area contributed by atoms with Crippen molar-refractivity contribution in [3.63, 3.8) is 0 Å². The van der Waals surface area contributed by atoms with Crippen LogP contribution >= 0.6 is 12.2 Å². The van der Waals surface area contributed by atoms with E-state index < -0.39 is 0 Å². The highest BCUT2D eigenvalue weighted by atomic mass is 32.1. The van der Waals surface area contributed by atoms with Crippen molar-refractivity contribution >= 4 is 17.3 Å². The van der Waals surface area contributed by atoms with Crippen molar-refractivity contribution in [3.05, 3.63) is 0 Å². The van der Waals surface area contributed by atoms with Gasteiger partial charge in [-0.1, -0.05) is 13.8 Å². The average molecular weight is 229 g/mol. The quantitative estimate of drug-likeness (QED) is 0.693. The van der Waals surface area contributed by atoms with Crippen molar-refractivity contribution in [2.75, 3.05) is 20.1 Å². The summed E-state index contributed by atoms with van der Waals surface area (Å²) in [6.45, 7) is 10.6. The number of nitrogens with zero attached hydrogens (tertiary/aromatic N) is 2. The Labute approximate surface area is 98.6 Å². The van der Waals surface area contributed by atoms with Gasteiger partial charge in [0.05, 0.1) is 5.66 Å². The third-order valence-corrected chi connectivity index (χ3v) is 3.69. The molecule has 1 saturated heterocycles. The fraction of sp³-hybridized carbons (Fsp3) is 0.909. The molecule has 3 nitrogen and oxygen atoms in total. The second kappa shape index (κ2) is 3.91. The summed E-state index contributed by atoms with van der Waals surface area (Å²) in [5, 5.41) is 0.869. The van der Waals surface area contributed by atoms with Gasteiger partial charge in [-0.25, -0.2) is 0 Å². The third-order valence-electron chi connectivity index (χ3n) is 3.16. The molecule has 1 aliphatic rings. The second-order valence-electron chi connectivity index (χ2n) is 5.55. The van der Waals surface area contributed by atoms with E-state index in [1.165, 1.54) is 0 Å². The lowest BCUT2D eigenvalue weighted by molar-refractivity contribution is 0.162. The summed E-state index contributed by atoms with van der Waals surface area (Å²) in [5.41, 5.74) is 6.18. The summed E-state index contributed by atoms with van der Waals surface area (Å²) in [5.74, 6) is 0. The molecule has 1 rings (SSSR count). The van der Waals surface area contributed by atoms with Crippen LogP contribution in [0.15, 0.2) is 0 Å². The molecule has 0 aromatic rings. The minimum absolute atomic E-state index is 0.203. The Morgan fingerprint density at radius 3 is 2.40 bits per heavy atom. The number of hydrogen-bond donors (Lipinski definition) is 1. The lowest BCUT2D eigenvalue weighted by Crippen LogP contribution is -2.55. The van der Waals surface area contributed by atoms with E-state index in [4.69, 9.17) is 18.0 Å². The highest BCUT2D eigenvalue weighted by Crippen LogP contribution is 2.33. The topological polar surface area (TPSA) is 32.5 Å². The van der Waals surface area contributed by atoms with Crippen molar-refractivity contribution in [2.24, 2.45) is 11.1 Å². The van der Waals surface area contributed by atoms with Crippen LogP contribution in [0.1, 0.15) is 34.1 Å². The SMILES string of the molecule is CCN1CC(C)(C)CC(C)(N)N(C)C1=S. The molecule has 0 aliphatic carbocycles. The first-order chi connectivity index (χ1) is 6.69. The molecule has 1 heterocycles. The summed E-state index contributed by atoms with van der Waals surface area (Å²) in [4.78, 5) is 4.26. The van der Waals surface area contributed by atoms with Gasteiger partial charge in [0.1, 0.15) is 0 Å². The Morgan fingerprint density at radius 1 is 1.40 bits per heavy atom. The highest BCUT2D eigenvalue weighted by molar-refractivity contribution is 7.80. The van der Waals surface area contributed by atoms with Gasteiger partial charge in [-0.3, -0.25) is 0 Å². The van der Waals surface area contributed by atoms with Crippen LogP contribution in [0.2, 0.25) is 0 Å². The van der Waals surface area contributed by atoms with Crippen LogP contribution in [0.4, 0.5) is 0 Å². The number of nitrogens with two attached hydrogens (primary N) is 1. The monoisotopic (exact) mass is 229 g/mol. The van der Waals surface area contributed by atoms with E-state index in [2.05, 4.69) is 32.6 Å². The fourth-order valence-corrected chi connectivity index (χ4v) is 2.81. The van der Waals surface area contributed by atoms with Gasteiger partial charge in [-0.05, 0) is 37.9 Å². The normalized spacial score (nSPS) is 31.7. The van der Waals surface area contributed by atoms with Gasteiger partial charge in [-0.15, -0.1) is 0 Å². The summed E-state index contributed by atoms with van der Waals surface area (Å²) >= 11 is 5.46. The van der Waals surface area contributed by atoms with Gasteiger partial charge < -0.3 is 15.5 Å². The van der Waals surface area contributed by atoms with E-state index in [0.29, 0.717) is 0 Å². The van der Waals surface area contributed by atoms with Crippen LogP contribution in [0.3, 0.4) is 0 Å². The Morgan fingerprint density at radius 2 is 1.93 bits per heavy atom. The van der Waals surface area contributed by atoms with Crippen molar-refractivity contribution in [3.8, 4) is 0 Å². The van der Waals surface area contributed by atoms with E-state index >= 15 is 0 Å². The predicted octanol–water partition coefficient (Wildman–Crippen LogP) is 1.63. The molecule has 2 N–H and O–H groups in total. The van der Waals surface area contributed by atoms with Crippen LogP contribution in [0.5, 0.6) is 0 Å². The van der Waals surface area contributed by atoms with E-state index in [1.54, 1.807) is 0 Å². The first kappa shape index (κ1) is 12.7. The molecule has 4 heteroatoms.